The van der Waals surface area contributed by atoms with Crippen LogP contribution in [-0.2, 0) is 19.2 Å². The van der Waals surface area contributed by atoms with Gasteiger partial charge in [-0.3, -0.25) is 4.79 Å². The quantitative estimate of drug-likeness (QED) is 0.0142. The topological polar surface area (TPSA) is 267 Å². The predicted molar refractivity (Wildman–Crippen MR) is 445 cm³/mol. The molecule has 10 heterocycles. The zero-order valence-electron chi connectivity index (χ0n) is 60.2. The molecule has 0 bridgehead atoms. The van der Waals surface area contributed by atoms with Crippen molar-refractivity contribution in [3.05, 3.63) is 304 Å². The number of benzene rings is 8. The van der Waals surface area contributed by atoms with E-state index in [1.165, 1.54) is 15.6 Å². The minimum Gasteiger partial charge on any atom is -1.00 e. The number of fused-ring (bicyclic) bond motifs is 4. The average Bonchev–Trinajstić information content (AvgIpc) is 0.947. The van der Waals surface area contributed by atoms with Crippen LogP contribution in [0.2, 0.25) is 0 Å². The number of pyridine rings is 4. The molecule has 8 aromatic heterocycles. The van der Waals surface area contributed by atoms with Gasteiger partial charge in [-0.25, -0.2) is 39.9 Å². The van der Waals surface area contributed by atoms with Crippen molar-refractivity contribution < 1.29 is 187 Å². The average molecular weight is 2020 g/mol. The van der Waals surface area contributed by atoms with Crippen LogP contribution in [0, 0.1) is 13.1 Å². The van der Waals surface area contributed by atoms with Gasteiger partial charge in [-0.05, 0) is 258 Å². The van der Waals surface area contributed by atoms with Gasteiger partial charge in [0.2, 0.25) is 23.6 Å². The molecule has 2 atom stereocenters. The number of hydrogen-bond acceptors (Lipinski definition) is 25. The van der Waals surface area contributed by atoms with Crippen molar-refractivity contribution in [2.75, 3.05) is 27.9 Å². The SMILES string of the molecule is C1=COC(c2cccnc2Oc2ccc(Nc3nc4ccccc4s3)cc2)C1.Fc1ncccc1I.Ic1cccnc1Oc1ccc(Nc2nc3ccccc3s2)cc1.O=CO[O-].Oc1ccc(Nc2nc3ccccc3s2)cc1.[Cs+].[Cs+].[H-].c1cnc(Oc2ccc(Nc3nc4ccccc4s3)cc2)c(C2CCCO2)c1. The maximum atomic E-state index is 12.2. The standard InChI is InChI=1S/C22H19N3O2S.C22H17N3O2S.C18H12IN3OS.C13H10N2OS.C5H3FIN.CH2O3.2Cs.H/c2*1-2-8-20-18(6-1)25-22(28-20)24-15-9-11-16(12-10-15)27-21-17(5-3-13-23-21)19-7-4-14-26-19;19-14-4-3-11-20-17(14)23-13-9-7-12(8-10-13)21-18-22-15-5-1-2-6-16(15)24-18;16-10-7-5-9(6-8-10)14-13-15-11-3-1-2-4-12(11)17-13;6-5-4(7)2-1-3-8-5;2-1-4-3;;;/h1-3,5-6,8-13,19H,4,7,14H2,(H,24,25);1-6,8-14,19H,7H2,(H,24,25);1-11H,(H,21,22);1-8,16H,(H,14,15);1-3H;1,3H;;;/q;;;;;;2*+1;-1/p-1. The van der Waals surface area contributed by atoms with Gasteiger partial charge in [0.25, 0.3) is 6.47 Å². The Morgan fingerprint density at radius 2 is 0.811 bits per heavy atom. The summed E-state index contributed by atoms with van der Waals surface area (Å²) in [5, 5.41) is 34.4. The minimum absolute atomic E-state index is 0. The van der Waals surface area contributed by atoms with Gasteiger partial charge in [-0.2, -0.15) is 4.39 Å². The molecule has 5 N–H and O–H groups in total. The number of carbonyl (C=O) groups is 1. The number of aromatic hydroxyl groups is 1. The number of nitrogens with zero attached hydrogens (tertiary/aromatic N) is 8. The Bertz CT molecular complexity index is 5350. The molecule has 8 aromatic carbocycles. The number of ether oxygens (including phenoxy) is 5. The maximum absolute atomic E-state index is 12.2. The fraction of sp³-hybridized carbons (Fsp3) is 0.0741. The van der Waals surface area contributed by atoms with Crippen LogP contribution in [0.1, 0.15) is 44.0 Å². The Morgan fingerprint density at radius 1 is 0.459 bits per heavy atom. The molecular weight excluding hydrogens is 1950 g/mol. The number of nitrogens with one attached hydrogen (secondary N) is 4. The third kappa shape index (κ3) is 25.1. The van der Waals surface area contributed by atoms with Gasteiger partial charge in [0, 0.05) is 66.1 Å². The second-order valence-electron chi connectivity index (χ2n) is 23.2. The third-order valence-corrected chi connectivity index (χ3v) is 21.1. The van der Waals surface area contributed by atoms with Crippen LogP contribution < -0.4 is 179 Å². The molecular formula is C81H63Cs2FI2N12O9S4. The number of hydrogen-bond donors (Lipinski definition) is 5. The van der Waals surface area contributed by atoms with Gasteiger partial charge in [-0.15, -0.1) is 0 Å². The van der Waals surface area contributed by atoms with Crippen molar-refractivity contribution in [1.29, 1.82) is 0 Å². The summed E-state index contributed by atoms with van der Waals surface area (Å²) in [7, 11) is 0. The van der Waals surface area contributed by atoms with Gasteiger partial charge in [0.15, 0.2) is 20.5 Å². The number of phenols is 1. The molecule has 2 aliphatic rings. The van der Waals surface area contributed by atoms with E-state index in [1.807, 2.05) is 223 Å². The van der Waals surface area contributed by atoms with E-state index in [1.54, 1.807) is 94.5 Å². The summed E-state index contributed by atoms with van der Waals surface area (Å²) >= 11 is 10.6. The zero-order chi connectivity index (χ0) is 74.9. The molecule has 30 heteroatoms. The summed E-state index contributed by atoms with van der Waals surface area (Å²) in [6.07, 6.45) is 13.3. The molecule has 1 fully saturated rings. The summed E-state index contributed by atoms with van der Waals surface area (Å²) in [5.41, 5.74) is 9.78. The summed E-state index contributed by atoms with van der Waals surface area (Å²) in [5.74, 6) is 3.89. The summed E-state index contributed by atoms with van der Waals surface area (Å²) in [6, 6.07) is 77.8. The van der Waals surface area contributed by atoms with Crippen LogP contribution in [0.3, 0.4) is 0 Å². The van der Waals surface area contributed by atoms with Crippen molar-refractivity contribution in [2.45, 2.75) is 31.5 Å². The number of para-hydroxylation sites is 4. The minimum atomic E-state index is -0.395. The molecule has 21 nitrogen and oxygen atoms in total. The molecule has 111 heavy (non-hydrogen) atoms. The monoisotopic (exact) mass is 2010 g/mol. The predicted octanol–water partition coefficient (Wildman–Crippen LogP) is 16.2. The summed E-state index contributed by atoms with van der Waals surface area (Å²) in [6.45, 7) is 0.616. The summed E-state index contributed by atoms with van der Waals surface area (Å²) < 4.78 is 47.7. The Hall–Kier alpha value is -7.26. The fourth-order valence-electron chi connectivity index (χ4n) is 10.6. The number of thiazole rings is 4. The number of aromatic nitrogens is 8. The first-order chi connectivity index (χ1) is 53.5. The largest absolute Gasteiger partial charge is 1.00 e. The molecule has 1 saturated heterocycles. The number of phenolic OH excluding ortho intramolecular Hbond substituents is 1. The fourth-order valence-corrected chi connectivity index (χ4v) is 14.9. The normalized spacial score (nSPS) is 12.8. The van der Waals surface area contributed by atoms with Crippen molar-refractivity contribution in [3.63, 3.8) is 0 Å². The molecule has 0 saturated carbocycles. The molecule has 0 aliphatic carbocycles. The Balaban J connectivity index is 0.000000151. The van der Waals surface area contributed by atoms with E-state index >= 15 is 0 Å². The van der Waals surface area contributed by atoms with Crippen molar-refractivity contribution in [2.24, 2.45) is 0 Å². The van der Waals surface area contributed by atoms with Gasteiger partial charge in [0.1, 0.15) is 29.1 Å². The van der Waals surface area contributed by atoms with E-state index in [0.29, 0.717) is 21.2 Å². The van der Waals surface area contributed by atoms with Crippen LogP contribution in [-0.4, -0.2) is 58.1 Å². The number of rotatable bonds is 17. The van der Waals surface area contributed by atoms with Gasteiger partial charge >= 0.3 is 138 Å². The first-order valence-corrected chi connectivity index (χ1v) is 39.0. The first kappa shape index (κ1) is 84.6. The zero-order valence-corrected chi connectivity index (χ0v) is 79.3. The Kier molecular flexibility index (Phi) is 33.4. The van der Waals surface area contributed by atoms with Crippen LogP contribution >= 0.6 is 90.5 Å². The van der Waals surface area contributed by atoms with E-state index < -0.39 is 5.95 Å². The van der Waals surface area contributed by atoms with Crippen LogP contribution in [0.25, 0.3) is 40.9 Å². The first-order valence-electron chi connectivity index (χ1n) is 33.5. The smallest absolute Gasteiger partial charge is 1.00 e. The molecule has 0 radical (unpaired) electrons. The van der Waals surface area contributed by atoms with E-state index in [4.69, 9.17) is 33.7 Å². The maximum Gasteiger partial charge on any atom is 1.00 e. The molecule has 0 spiro atoms. The van der Waals surface area contributed by atoms with Gasteiger partial charge < -0.3 is 61.6 Å². The third-order valence-electron chi connectivity index (χ3n) is 15.6. The molecule has 2 unspecified atom stereocenters. The van der Waals surface area contributed by atoms with E-state index in [-0.39, 0.29) is 164 Å². The van der Waals surface area contributed by atoms with Crippen molar-refractivity contribution >= 4 is 181 Å². The molecule has 2 aliphatic heterocycles. The van der Waals surface area contributed by atoms with Gasteiger partial charge in [0.05, 0.1) is 65.9 Å². The van der Waals surface area contributed by atoms with Crippen LogP contribution in [0.15, 0.2) is 280 Å². The van der Waals surface area contributed by atoms with Crippen LogP contribution in [0.5, 0.6) is 40.6 Å². The molecule has 0 amide bonds. The van der Waals surface area contributed by atoms with Crippen molar-refractivity contribution in [1.82, 2.24) is 39.9 Å². The second-order valence-corrected chi connectivity index (χ2v) is 29.6. The molecule has 548 valence electrons. The number of halogens is 3. The van der Waals surface area contributed by atoms with Crippen molar-refractivity contribution in [3.8, 4) is 40.6 Å². The molecule has 18 rings (SSSR count). The second kappa shape index (κ2) is 43.8. The Morgan fingerprint density at radius 3 is 1.14 bits per heavy atom. The Labute approximate surface area is 799 Å². The van der Waals surface area contributed by atoms with E-state index in [9.17, 15) is 9.50 Å². The number of anilines is 8. The molecule has 16 aromatic rings. The van der Waals surface area contributed by atoms with Crippen LogP contribution in [0.4, 0.5) is 47.7 Å². The van der Waals surface area contributed by atoms with Gasteiger partial charge in [-0.1, -0.05) is 93.9 Å². The summed E-state index contributed by atoms with van der Waals surface area (Å²) in [4.78, 5) is 45.9. The van der Waals surface area contributed by atoms with E-state index in [2.05, 4.69) is 113 Å². The number of carbonyl (C=O) groups excluding carboxylic acids is 1. The van der Waals surface area contributed by atoms with E-state index in [0.717, 1.165) is 133 Å².